The van der Waals surface area contributed by atoms with Crippen molar-refractivity contribution in [3.63, 3.8) is 0 Å². The van der Waals surface area contributed by atoms with Gasteiger partial charge in [0.1, 0.15) is 11.6 Å². The van der Waals surface area contributed by atoms with Crippen LogP contribution in [0, 0.1) is 11.7 Å². The van der Waals surface area contributed by atoms with E-state index in [-0.39, 0.29) is 35.2 Å². The first-order chi connectivity index (χ1) is 14.0. The summed E-state index contributed by atoms with van der Waals surface area (Å²) in [5.41, 5.74) is 1.58. The standard InChI is InChI=1S/C22H26FN3O3/c1-14(27)24-10-21-17-8-16(20-4-3-5-22(28)26(20)21)12-25(13-17)11-15-9-18(29-2)6-7-19(15)23/h3-7,9,16-17,21H,8,10-13H2,1-2H3,(H,24,27)/t16-,17+,21+/m1/s1. The number of pyridine rings is 1. The molecular formula is C22H26FN3O3. The number of carbonyl (C=O) groups excluding carboxylic acids is 1. The molecule has 2 aliphatic rings. The largest absolute Gasteiger partial charge is 0.497 e. The second kappa shape index (κ2) is 7.99. The average molecular weight is 399 g/mol. The minimum atomic E-state index is -0.243. The number of amides is 1. The molecule has 154 valence electrons. The second-order valence-corrected chi connectivity index (χ2v) is 8.01. The van der Waals surface area contributed by atoms with Crippen LogP contribution in [-0.4, -0.2) is 42.1 Å². The summed E-state index contributed by atoms with van der Waals surface area (Å²) in [6, 6.07) is 10.1. The van der Waals surface area contributed by atoms with Gasteiger partial charge in [0, 0.05) is 56.3 Å². The number of fused-ring (bicyclic) bond motifs is 4. The fourth-order valence-corrected chi connectivity index (χ4v) is 4.82. The number of carbonyl (C=O) groups is 1. The third-order valence-corrected chi connectivity index (χ3v) is 6.08. The smallest absolute Gasteiger partial charge is 0.251 e. The number of aromatic nitrogens is 1. The molecule has 1 aromatic carbocycles. The zero-order valence-corrected chi connectivity index (χ0v) is 16.7. The molecule has 2 aliphatic heterocycles. The summed E-state index contributed by atoms with van der Waals surface area (Å²) in [5.74, 6) is 0.711. The van der Waals surface area contributed by atoms with Gasteiger partial charge in [0.25, 0.3) is 5.56 Å². The summed E-state index contributed by atoms with van der Waals surface area (Å²) in [6.45, 7) is 3.91. The first kappa shape index (κ1) is 19.6. The highest BCUT2D eigenvalue weighted by molar-refractivity contribution is 5.72. The van der Waals surface area contributed by atoms with Crippen molar-refractivity contribution in [2.45, 2.75) is 31.8 Å². The van der Waals surface area contributed by atoms with E-state index in [9.17, 15) is 14.0 Å². The fourth-order valence-electron chi connectivity index (χ4n) is 4.82. The van der Waals surface area contributed by atoms with Crippen molar-refractivity contribution in [1.82, 2.24) is 14.8 Å². The quantitative estimate of drug-likeness (QED) is 0.838. The minimum absolute atomic E-state index is 0.0279. The molecule has 29 heavy (non-hydrogen) atoms. The number of hydrogen-bond acceptors (Lipinski definition) is 4. The maximum absolute atomic E-state index is 14.4. The molecule has 1 amide bonds. The van der Waals surface area contributed by atoms with Gasteiger partial charge in [0.15, 0.2) is 0 Å². The number of halogens is 1. The maximum atomic E-state index is 14.4. The highest BCUT2D eigenvalue weighted by atomic mass is 19.1. The van der Waals surface area contributed by atoms with Gasteiger partial charge < -0.3 is 14.6 Å². The van der Waals surface area contributed by atoms with Crippen molar-refractivity contribution in [3.8, 4) is 5.75 Å². The number of nitrogens with zero attached hydrogens (tertiary/aromatic N) is 2. The fraction of sp³-hybridized carbons (Fsp3) is 0.455. The molecule has 2 bridgehead atoms. The molecule has 0 aliphatic carbocycles. The number of ether oxygens (including phenoxy) is 1. The van der Waals surface area contributed by atoms with E-state index >= 15 is 0 Å². The third-order valence-electron chi connectivity index (χ3n) is 6.08. The number of piperidine rings is 1. The molecular weight excluding hydrogens is 373 g/mol. The molecule has 3 atom stereocenters. The summed E-state index contributed by atoms with van der Waals surface area (Å²) in [4.78, 5) is 26.4. The molecule has 2 aromatic rings. The Morgan fingerprint density at radius 3 is 2.86 bits per heavy atom. The van der Waals surface area contributed by atoms with Crippen molar-refractivity contribution >= 4 is 5.91 Å². The summed E-state index contributed by atoms with van der Waals surface area (Å²) in [7, 11) is 1.57. The Morgan fingerprint density at radius 2 is 2.10 bits per heavy atom. The number of nitrogens with one attached hydrogen (secondary N) is 1. The Labute approximate surface area is 169 Å². The lowest BCUT2D eigenvalue weighted by Crippen LogP contribution is -2.51. The molecule has 0 unspecified atom stereocenters. The van der Waals surface area contributed by atoms with Crippen molar-refractivity contribution < 1.29 is 13.9 Å². The normalized spacial score (nSPS) is 23.3. The van der Waals surface area contributed by atoms with Crippen LogP contribution >= 0.6 is 0 Å². The highest BCUT2D eigenvalue weighted by Crippen LogP contribution is 2.41. The van der Waals surface area contributed by atoms with Crippen LogP contribution in [0.25, 0.3) is 0 Å². The first-order valence-electron chi connectivity index (χ1n) is 9.97. The van der Waals surface area contributed by atoms with Gasteiger partial charge in [-0.1, -0.05) is 6.07 Å². The van der Waals surface area contributed by atoms with Crippen LogP contribution in [0.5, 0.6) is 5.75 Å². The monoisotopic (exact) mass is 399 g/mol. The van der Waals surface area contributed by atoms with Crippen molar-refractivity contribution in [3.05, 3.63) is 63.8 Å². The van der Waals surface area contributed by atoms with Gasteiger partial charge in [-0.05, 0) is 36.6 Å². The number of methoxy groups -OCH3 is 1. The predicted molar refractivity (Wildman–Crippen MR) is 107 cm³/mol. The molecule has 1 fully saturated rings. The van der Waals surface area contributed by atoms with Crippen LogP contribution in [0.1, 0.15) is 36.6 Å². The summed E-state index contributed by atoms with van der Waals surface area (Å²) in [5, 5.41) is 2.88. The van der Waals surface area contributed by atoms with Crippen LogP contribution < -0.4 is 15.6 Å². The third kappa shape index (κ3) is 3.92. The summed E-state index contributed by atoms with van der Waals surface area (Å²) >= 11 is 0. The lowest BCUT2D eigenvalue weighted by molar-refractivity contribution is -0.119. The molecule has 1 N–H and O–H groups in total. The predicted octanol–water partition coefficient (Wildman–Crippen LogP) is 2.29. The molecule has 4 rings (SSSR count). The van der Waals surface area contributed by atoms with Gasteiger partial charge in [-0.25, -0.2) is 4.39 Å². The van der Waals surface area contributed by atoms with Crippen LogP contribution in [0.15, 0.2) is 41.2 Å². The van der Waals surface area contributed by atoms with Gasteiger partial charge in [0.2, 0.25) is 5.91 Å². The van der Waals surface area contributed by atoms with Gasteiger partial charge in [-0.3, -0.25) is 14.5 Å². The number of benzene rings is 1. The Balaban J connectivity index is 1.63. The van der Waals surface area contributed by atoms with Gasteiger partial charge in [0.05, 0.1) is 13.2 Å². The zero-order valence-electron chi connectivity index (χ0n) is 16.7. The molecule has 1 aromatic heterocycles. The van der Waals surface area contributed by atoms with E-state index in [1.807, 2.05) is 10.6 Å². The molecule has 0 saturated carbocycles. The lowest BCUT2D eigenvalue weighted by atomic mass is 9.78. The minimum Gasteiger partial charge on any atom is -0.497 e. The topological polar surface area (TPSA) is 63.6 Å². The van der Waals surface area contributed by atoms with E-state index in [4.69, 9.17) is 4.74 Å². The Hall–Kier alpha value is -2.67. The van der Waals surface area contributed by atoms with Crippen molar-refractivity contribution in [2.75, 3.05) is 26.7 Å². The van der Waals surface area contributed by atoms with Crippen molar-refractivity contribution in [2.24, 2.45) is 5.92 Å². The van der Waals surface area contributed by atoms with Crippen LogP contribution in [0.4, 0.5) is 4.39 Å². The number of rotatable bonds is 5. The summed E-state index contributed by atoms with van der Waals surface area (Å²) in [6.07, 6.45) is 0.963. The summed E-state index contributed by atoms with van der Waals surface area (Å²) < 4.78 is 21.5. The van der Waals surface area contributed by atoms with Crippen molar-refractivity contribution in [1.29, 1.82) is 0 Å². The molecule has 7 heteroatoms. The Kier molecular flexibility index (Phi) is 5.41. The van der Waals surface area contributed by atoms with Crippen LogP contribution in [0.2, 0.25) is 0 Å². The van der Waals surface area contributed by atoms with E-state index < -0.39 is 0 Å². The van der Waals surface area contributed by atoms with Crippen LogP contribution in [-0.2, 0) is 11.3 Å². The number of hydrogen-bond donors (Lipinski definition) is 1. The second-order valence-electron chi connectivity index (χ2n) is 8.01. The van der Waals surface area contributed by atoms with Gasteiger partial charge >= 0.3 is 0 Å². The lowest BCUT2D eigenvalue weighted by Gasteiger charge is -2.47. The highest BCUT2D eigenvalue weighted by Gasteiger charge is 2.40. The van der Waals surface area contributed by atoms with E-state index in [0.717, 1.165) is 25.2 Å². The van der Waals surface area contributed by atoms with E-state index in [1.54, 1.807) is 31.4 Å². The first-order valence-corrected chi connectivity index (χ1v) is 9.97. The molecule has 1 saturated heterocycles. The molecule has 6 nitrogen and oxygen atoms in total. The SMILES string of the molecule is COc1ccc(F)c(CN2C[C@H]3C[C@@H](C2)[C@H](CNC(C)=O)n2c3cccc2=O)c1. The number of likely N-dealkylation sites (tertiary alicyclic amines) is 1. The molecule has 0 spiro atoms. The molecule has 3 heterocycles. The van der Waals surface area contributed by atoms with E-state index in [1.165, 1.54) is 13.0 Å². The van der Waals surface area contributed by atoms with Gasteiger partial charge in [-0.2, -0.15) is 0 Å². The van der Waals surface area contributed by atoms with E-state index in [2.05, 4.69) is 10.2 Å². The average Bonchev–Trinajstić information content (AvgIpc) is 2.70. The Morgan fingerprint density at radius 1 is 1.28 bits per heavy atom. The Bertz CT molecular complexity index is 974. The van der Waals surface area contributed by atoms with Crippen LogP contribution in [0.3, 0.4) is 0 Å². The van der Waals surface area contributed by atoms with Gasteiger partial charge in [-0.15, -0.1) is 0 Å². The van der Waals surface area contributed by atoms with E-state index in [0.29, 0.717) is 24.4 Å². The zero-order chi connectivity index (χ0) is 20.5. The maximum Gasteiger partial charge on any atom is 0.251 e. The molecule has 0 radical (unpaired) electrons.